The molecule has 34 heavy (non-hydrogen) atoms. The third kappa shape index (κ3) is 3.50. The van der Waals surface area contributed by atoms with Gasteiger partial charge in [0.2, 0.25) is 0 Å². The van der Waals surface area contributed by atoms with Crippen molar-refractivity contribution in [3.8, 4) is 5.69 Å². The SMILES string of the molecule is O=C(c1nn(-c2ccccc2)c(=O)c2ccccc12)N1CCN(c2nc3cccnc3s2)CC1. The number of hydrogen-bond acceptors (Lipinski definition) is 7. The van der Waals surface area contributed by atoms with Gasteiger partial charge in [-0.1, -0.05) is 47.7 Å². The number of fused-ring (bicyclic) bond motifs is 2. The average Bonchev–Trinajstić information content (AvgIpc) is 3.34. The number of piperazine rings is 1. The van der Waals surface area contributed by atoms with Gasteiger partial charge in [-0.2, -0.15) is 9.78 Å². The summed E-state index contributed by atoms with van der Waals surface area (Å²) < 4.78 is 1.32. The van der Waals surface area contributed by atoms with Crippen LogP contribution in [0.4, 0.5) is 5.13 Å². The van der Waals surface area contributed by atoms with Crippen molar-refractivity contribution in [3.63, 3.8) is 0 Å². The summed E-state index contributed by atoms with van der Waals surface area (Å²) in [4.78, 5) is 40.7. The quantitative estimate of drug-likeness (QED) is 0.404. The number of nitrogens with zero attached hydrogens (tertiary/aromatic N) is 6. The Bertz CT molecular complexity index is 1540. The number of amides is 1. The zero-order valence-electron chi connectivity index (χ0n) is 18.2. The molecule has 0 atom stereocenters. The van der Waals surface area contributed by atoms with E-state index < -0.39 is 0 Å². The molecular weight excluding hydrogens is 448 g/mol. The smallest absolute Gasteiger partial charge is 0.279 e. The second-order valence-corrected chi connectivity index (χ2v) is 9.01. The van der Waals surface area contributed by atoms with Gasteiger partial charge in [0, 0.05) is 37.8 Å². The standard InChI is InChI=1S/C25H20N6O2S/c32-23-19-10-5-4-9-18(19)21(28-31(23)17-7-2-1-3-8-17)24(33)29-13-15-30(16-14-29)25-27-20-11-6-12-26-22(20)34-25/h1-12H,13-16H2. The maximum atomic E-state index is 13.6. The van der Waals surface area contributed by atoms with E-state index in [1.807, 2.05) is 48.5 Å². The number of para-hydroxylation sites is 1. The average molecular weight is 469 g/mol. The predicted octanol–water partition coefficient (Wildman–Crippen LogP) is 3.35. The van der Waals surface area contributed by atoms with Crippen molar-refractivity contribution < 1.29 is 4.79 Å². The molecule has 1 saturated heterocycles. The normalized spacial score (nSPS) is 14.1. The van der Waals surface area contributed by atoms with Crippen LogP contribution in [0.2, 0.25) is 0 Å². The zero-order chi connectivity index (χ0) is 23.1. The molecule has 8 nitrogen and oxygen atoms in total. The molecule has 0 radical (unpaired) electrons. The third-order valence-electron chi connectivity index (χ3n) is 6.00. The number of thiazole rings is 1. The summed E-state index contributed by atoms with van der Waals surface area (Å²) in [5.74, 6) is -0.175. The predicted molar refractivity (Wildman–Crippen MR) is 133 cm³/mol. The molecule has 5 aromatic rings. The van der Waals surface area contributed by atoms with Crippen LogP contribution < -0.4 is 10.5 Å². The van der Waals surface area contributed by atoms with Gasteiger partial charge in [-0.15, -0.1) is 0 Å². The summed E-state index contributed by atoms with van der Waals surface area (Å²) in [6.45, 7) is 2.43. The highest BCUT2D eigenvalue weighted by atomic mass is 32.1. The molecule has 168 valence electrons. The van der Waals surface area contributed by atoms with E-state index >= 15 is 0 Å². The lowest BCUT2D eigenvalue weighted by molar-refractivity contribution is 0.0741. The number of aromatic nitrogens is 4. The fraction of sp³-hybridized carbons (Fsp3) is 0.160. The highest BCUT2D eigenvalue weighted by Gasteiger charge is 2.27. The summed E-state index contributed by atoms with van der Waals surface area (Å²) in [5, 5.41) is 6.50. The Morgan fingerprint density at radius 1 is 0.853 bits per heavy atom. The van der Waals surface area contributed by atoms with Gasteiger partial charge in [-0.05, 0) is 30.3 Å². The second kappa shape index (κ2) is 8.35. The van der Waals surface area contributed by atoms with Crippen molar-refractivity contribution in [2.75, 3.05) is 31.1 Å². The lowest BCUT2D eigenvalue weighted by Crippen LogP contribution is -2.49. The van der Waals surface area contributed by atoms with Crippen LogP contribution in [0.15, 0.2) is 77.7 Å². The first-order valence-corrected chi connectivity index (χ1v) is 11.8. The molecule has 3 aromatic heterocycles. The minimum atomic E-state index is -0.243. The van der Waals surface area contributed by atoms with Gasteiger partial charge < -0.3 is 9.80 Å². The molecule has 4 heterocycles. The van der Waals surface area contributed by atoms with Gasteiger partial charge in [-0.3, -0.25) is 9.59 Å². The lowest BCUT2D eigenvalue weighted by atomic mass is 10.1. The Morgan fingerprint density at radius 3 is 2.35 bits per heavy atom. The monoisotopic (exact) mass is 468 g/mol. The summed E-state index contributed by atoms with van der Waals surface area (Å²) in [5.41, 5.74) is 1.56. The Labute approximate surface area is 198 Å². The van der Waals surface area contributed by atoms with E-state index in [4.69, 9.17) is 0 Å². The van der Waals surface area contributed by atoms with Crippen LogP contribution in [0.3, 0.4) is 0 Å². The molecule has 0 unspecified atom stereocenters. The van der Waals surface area contributed by atoms with Crippen LogP contribution in [-0.2, 0) is 0 Å². The third-order valence-corrected chi connectivity index (χ3v) is 7.04. The number of carbonyl (C=O) groups excluding carboxylic acids is 1. The molecule has 0 spiro atoms. The molecule has 1 aliphatic rings. The van der Waals surface area contributed by atoms with Gasteiger partial charge in [-0.25, -0.2) is 9.97 Å². The van der Waals surface area contributed by atoms with E-state index in [1.165, 1.54) is 4.68 Å². The van der Waals surface area contributed by atoms with E-state index in [0.717, 1.165) is 15.5 Å². The molecule has 0 saturated carbocycles. The van der Waals surface area contributed by atoms with Crippen molar-refractivity contribution in [2.24, 2.45) is 0 Å². The van der Waals surface area contributed by atoms with Crippen LogP contribution >= 0.6 is 11.3 Å². The molecule has 0 aliphatic carbocycles. The molecule has 2 aromatic carbocycles. The number of benzene rings is 2. The molecule has 0 bridgehead atoms. The van der Waals surface area contributed by atoms with Gasteiger partial charge in [0.05, 0.1) is 11.1 Å². The first kappa shape index (κ1) is 20.5. The summed E-state index contributed by atoms with van der Waals surface area (Å²) in [6.07, 6.45) is 1.77. The van der Waals surface area contributed by atoms with Gasteiger partial charge in [0.15, 0.2) is 10.8 Å². The van der Waals surface area contributed by atoms with Gasteiger partial charge in [0.1, 0.15) is 10.3 Å². The van der Waals surface area contributed by atoms with E-state index in [0.29, 0.717) is 42.6 Å². The number of anilines is 1. The lowest BCUT2D eigenvalue weighted by Gasteiger charge is -2.34. The van der Waals surface area contributed by atoms with Crippen LogP contribution in [-0.4, -0.2) is 56.7 Å². The fourth-order valence-corrected chi connectivity index (χ4v) is 5.20. The van der Waals surface area contributed by atoms with Crippen LogP contribution in [0.5, 0.6) is 0 Å². The van der Waals surface area contributed by atoms with Crippen molar-refractivity contribution in [1.82, 2.24) is 24.6 Å². The summed E-state index contributed by atoms with van der Waals surface area (Å²) in [7, 11) is 0. The molecule has 1 aliphatic heterocycles. The van der Waals surface area contributed by atoms with E-state index in [2.05, 4.69) is 20.0 Å². The highest BCUT2D eigenvalue weighted by Crippen LogP contribution is 2.28. The maximum Gasteiger partial charge on any atom is 0.279 e. The largest absolute Gasteiger partial charge is 0.344 e. The number of hydrogen-bond donors (Lipinski definition) is 0. The molecule has 1 fully saturated rings. The van der Waals surface area contributed by atoms with E-state index in [-0.39, 0.29) is 17.2 Å². The topological polar surface area (TPSA) is 84.2 Å². The number of pyridine rings is 1. The van der Waals surface area contributed by atoms with Crippen molar-refractivity contribution in [3.05, 3.63) is 89.0 Å². The number of rotatable bonds is 3. The second-order valence-electron chi connectivity index (χ2n) is 8.05. The molecule has 0 N–H and O–H groups in total. The van der Waals surface area contributed by atoms with Gasteiger partial charge >= 0.3 is 0 Å². The minimum Gasteiger partial charge on any atom is -0.344 e. The molecular formula is C25H20N6O2S. The maximum absolute atomic E-state index is 13.6. The van der Waals surface area contributed by atoms with Crippen LogP contribution in [0, 0.1) is 0 Å². The summed E-state index contributed by atoms with van der Waals surface area (Å²) >= 11 is 1.56. The minimum absolute atomic E-state index is 0.175. The zero-order valence-corrected chi connectivity index (χ0v) is 19.0. The van der Waals surface area contributed by atoms with Crippen LogP contribution in [0.25, 0.3) is 26.8 Å². The van der Waals surface area contributed by atoms with Gasteiger partial charge in [0.25, 0.3) is 11.5 Å². The molecule has 6 rings (SSSR count). The first-order chi connectivity index (χ1) is 16.7. The molecule has 1 amide bonds. The van der Waals surface area contributed by atoms with E-state index in [1.54, 1.807) is 40.6 Å². The Hall–Kier alpha value is -4.11. The van der Waals surface area contributed by atoms with Crippen molar-refractivity contribution in [2.45, 2.75) is 0 Å². The Balaban J connectivity index is 1.31. The number of carbonyl (C=O) groups is 1. The highest BCUT2D eigenvalue weighted by molar-refractivity contribution is 7.21. The Kier molecular flexibility index (Phi) is 5.03. The fourth-order valence-electron chi connectivity index (χ4n) is 4.24. The molecule has 9 heteroatoms. The Morgan fingerprint density at radius 2 is 1.59 bits per heavy atom. The first-order valence-electron chi connectivity index (χ1n) is 11.0. The summed E-state index contributed by atoms with van der Waals surface area (Å²) in [6, 6.07) is 20.2. The van der Waals surface area contributed by atoms with Crippen molar-refractivity contribution >= 4 is 43.5 Å². The van der Waals surface area contributed by atoms with E-state index in [9.17, 15) is 9.59 Å². The van der Waals surface area contributed by atoms with Crippen LogP contribution in [0.1, 0.15) is 10.5 Å². The van der Waals surface area contributed by atoms with Crippen molar-refractivity contribution in [1.29, 1.82) is 0 Å².